The van der Waals surface area contributed by atoms with E-state index in [9.17, 15) is 0 Å². The van der Waals surface area contributed by atoms with Gasteiger partial charge in [-0.3, -0.25) is 0 Å². The molecule has 1 fully saturated rings. The molecule has 0 spiro atoms. The lowest BCUT2D eigenvalue weighted by atomic mass is 9.87. The number of benzene rings is 4. The Bertz CT molecular complexity index is 1230. The first-order valence-electron chi connectivity index (χ1n) is 14.9. The summed E-state index contributed by atoms with van der Waals surface area (Å²) in [6, 6.07) is 43.8. The van der Waals surface area contributed by atoms with Gasteiger partial charge in [0.25, 0.3) is 0 Å². The number of ether oxygens (including phenoxy) is 3. The Morgan fingerprint density at radius 1 is 0.707 bits per heavy atom. The molecule has 4 aromatic carbocycles. The highest BCUT2D eigenvalue weighted by molar-refractivity contribution is 7.95. The van der Waals surface area contributed by atoms with Crippen LogP contribution in [0.1, 0.15) is 39.7 Å². The molecule has 0 aliphatic carbocycles. The average molecular weight is 568 g/mol. The third kappa shape index (κ3) is 6.99. The number of hydrogen-bond acceptors (Lipinski definition) is 3. The molecule has 0 saturated carbocycles. The van der Waals surface area contributed by atoms with Gasteiger partial charge in [-0.2, -0.15) is 0 Å². The topological polar surface area (TPSA) is 27.7 Å². The third-order valence-corrected chi connectivity index (χ3v) is 13.0. The molecular weight excluding hydrogens is 523 g/mol. The summed E-state index contributed by atoms with van der Waals surface area (Å²) in [7, 11) is -1.97. The van der Waals surface area contributed by atoms with Gasteiger partial charge in [-0.1, -0.05) is 98.8 Å². The summed E-state index contributed by atoms with van der Waals surface area (Å²) in [6.45, 7) is 10.1. The van der Waals surface area contributed by atoms with E-state index in [1.54, 1.807) is 0 Å². The fraction of sp³-hybridized carbons (Fsp3) is 0.351. The van der Waals surface area contributed by atoms with Crippen LogP contribution in [0.25, 0.3) is 0 Å². The van der Waals surface area contributed by atoms with Gasteiger partial charge in [0.1, 0.15) is 23.2 Å². The molecule has 214 valence electrons. The van der Waals surface area contributed by atoms with Gasteiger partial charge in [0, 0.05) is 18.4 Å². The SMILES string of the molecule is C[C@H]1[C@H]([C@@H](C)C[P+](c2ccccc2)(c2ccccc2)c2ccccc2)OC(C)(C)O[C@H]1CCOCc1ccccc1. The summed E-state index contributed by atoms with van der Waals surface area (Å²) in [5.41, 5.74) is 1.20. The van der Waals surface area contributed by atoms with Crippen LogP contribution in [0.5, 0.6) is 0 Å². The highest BCUT2D eigenvalue weighted by Gasteiger charge is 2.50. The Balaban J connectivity index is 1.41. The third-order valence-electron chi connectivity index (χ3n) is 8.33. The molecule has 1 heterocycles. The van der Waals surface area contributed by atoms with Crippen LogP contribution in [0, 0.1) is 11.8 Å². The van der Waals surface area contributed by atoms with Crippen molar-refractivity contribution in [2.75, 3.05) is 12.8 Å². The molecule has 41 heavy (non-hydrogen) atoms. The van der Waals surface area contributed by atoms with Crippen molar-refractivity contribution < 1.29 is 14.2 Å². The van der Waals surface area contributed by atoms with Crippen molar-refractivity contribution in [2.45, 2.75) is 58.7 Å². The van der Waals surface area contributed by atoms with Crippen LogP contribution < -0.4 is 15.9 Å². The highest BCUT2D eigenvalue weighted by Crippen LogP contribution is 2.57. The Morgan fingerprint density at radius 3 is 1.66 bits per heavy atom. The zero-order valence-electron chi connectivity index (χ0n) is 24.9. The normalized spacial score (nSPS) is 21.3. The lowest BCUT2D eigenvalue weighted by molar-refractivity contribution is -0.327. The highest BCUT2D eigenvalue weighted by atomic mass is 31.2. The van der Waals surface area contributed by atoms with Crippen LogP contribution in [0.4, 0.5) is 0 Å². The predicted octanol–water partition coefficient (Wildman–Crippen LogP) is 7.38. The van der Waals surface area contributed by atoms with Gasteiger partial charge in [-0.15, -0.1) is 0 Å². The maximum Gasteiger partial charge on any atom is 0.163 e. The fourth-order valence-corrected chi connectivity index (χ4v) is 11.1. The second-order valence-electron chi connectivity index (χ2n) is 11.8. The fourth-order valence-electron chi connectivity index (χ4n) is 6.41. The van der Waals surface area contributed by atoms with Gasteiger partial charge in [-0.25, -0.2) is 0 Å². The minimum atomic E-state index is -1.97. The monoisotopic (exact) mass is 567 g/mol. The maximum absolute atomic E-state index is 6.76. The molecule has 0 amide bonds. The van der Waals surface area contributed by atoms with Crippen molar-refractivity contribution in [1.29, 1.82) is 0 Å². The van der Waals surface area contributed by atoms with Crippen LogP contribution in [-0.4, -0.2) is 30.8 Å². The standard InChI is InChI=1S/C37H44O3P/c1-29(36-30(2)35(39-37(3,4)40-36)25-26-38-27-31-17-9-5-10-18-31)28-41(32-19-11-6-12-20-32,33-21-13-7-14-22-33)34-23-15-8-16-24-34/h5-24,29-30,35-36H,25-28H2,1-4H3/q+1/t29-,30+,35-,36-/m0/s1. The first-order valence-corrected chi connectivity index (χ1v) is 16.9. The second kappa shape index (κ2) is 13.4. The van der Waals surface area contributed by atoms with Crippen LogP contribution in [-0.2, 0) is 20.8 Å². The van der Waals surface area contributed by atoms with E-state index >= 15 is 0 Å². The first-order chi connectivity index (χ1) is 19.9. The summed E-state index contributed by atoms with van der Waals surface area (Å²) < 4.78 is 19.3. The van der Waals surface area contributed by atoms with E-state index in [0.717, 1.165) is 12.6 Å². The van der Waals surface area contributed by atoms with Crippen molar-refractivity contribution >= 4 is 23.2 Å². The maximum atomic E-state index is 6.76. The largest absolute Gasteiger partial charge is 0.377 e. The Kier molecular flexibility index (Phi) is 9.73. The van der Waals surface area contributed by atoms with E-state index in [1.165, 1.54) is 21.5 Å². The summed E-state index contributed by atoms with van der Waals surface area (Å²) in [4.78, 5) is 0. The van der Waals surface area contributed by atoms with Crippen molar-refractivity contribution in [3.8, 4) is 0 Å². The average Bonchev–Trinajstić information content (AvgIpc) is 3.01. The molecule has 0 aromatic heterocycles. The molecule has 3 nitrogen and oxygen atoms in total. The second-order valence-corrected chi connectivity index (χ2v) is 15.3. The zero-order valence-corrected chi connectivity index (χ0v) is 25.8. The molecule has 0 unspecified atom stereocenters. The molecule has 0 bridgehead atoms. The molecule has 4 atom stereocenters. The van der Waals surface area contributed by atoms with Gasteiger partial charge >= 0.3 is 0 Å². The first kappa shape index (κ1) is 29.7. The Morgan fingerprint density at radius 2 is 1.17 bits per heavy atom. The van der Waals surface area contributed by atoms with Gasteiger partial charge in [0.2, 0.25) is 0 Å². The predicted molar refractivity (Wildman–Crippen MR) is 173 cm³/mol. The van der Waals surface area contributed by atoms with E-state index in [4.69, 9.17) is 14.2 Å². The van der Waals surface area contributed by atoms with E-state index in [0.29, 0.717) is 19.1 Å². The van der Waals surface area contributed by atoms with E-state index in [-0.39, 0.29) is 18.1 Å². The molecule has 1 saturated heterocycles. The molecule has 5 rings (SSSR count). The van der Waals surface area contributed by atoms with Crippen molar-refractivity contribution in [3.63, 3.8) is 0 Å². The molecular formula is C37H44O3P+. The molecule has 4 aromatic rings. The van der Waals surface area contributed by atoms with Crippen LogP contribution in [0.2, 0.25) is 0 Å². The van der Waals surface area contributed by atoms with E-state index < -0.39 is 13.0 Å². The van der Waals surface area contributed by atoms with Crippen molar-refractivity contribution in [3.05, 3.63) is 127 Å². The molecule has 0 N–H and O–H groups in total. The Labute approximate surface area is 247 Å². The van der Waals surface area contributed by atoms with E-state index in [1.807, 2.05) is 6.07 Å². The molecule has 4 heteroatoms. The minimum absolute atomic E-state index is 0.0633. The van der Waals surface area contributed by atoms with Crippen LogP contribution >= 0.6 is 7.26 Å². The Hall–Kier alpha value is -2.81. The van der Waals surface area contributed by atoms with E-state index in [2.05, 4.69) is 143 Å². The van der Waals surface area contributed by atoms with Crippen LogP contribution in [0.3, 0.4) is 0 Å². The number of hydrogen-bond donors (Lipinski definition) is 0. The number of rotatable bonds is 11. The molecule has 1 aliphatic rings. The summed E-state index contributed by atoms with van der Waals surface area (Å²) in [5, 5.41) is 4.23. The van der Waals surface area contributed by atoms with Crippen LogP contribution in [0.15, 0.2) is 121 Å². The lowest BCUT2D eigenvalue weighted by Crippen LogP contribution is -2.53. The zero-order chi connectivity index (χ0) is 28.7. The molecule has 1 aliphatic heterocycles. The molecule has 0 radical (unpaired) electrons. The smallest absolute Gasteiger partial charge is 0.163 e. The quantitative estimate of drug-likeness (QED) is 0.140. The van der Waals surface area contributed by atoms with Crippen molar-refractivity contribution in [1.82, 2.24) is 0 Å². The summed E-state index contributed by atoms with van der Waals surface area (Å²) in [6.07, 6.45) is 2.00. The minimum Gasteiger partial charge on any atom is -0.377 e. The lowest BCUT2D eigenvalue weighted by Gasteiger charge is -2.47. The van der Waals surface area contributed by atoms with Gasteiger partial charge in [-0.05, 0) is 62.2 Å². The van der Waals surface area contributed by atoms with Gasteiger partial charge < -0.3 is 14.2 Å². The summed E-state index contributed by atoms with van der Waals surface area (Å²) >= 11 is 0. The van der Waals surface area contributed by atoms with Gasteiger partial charge in [0.05, 0.1) is 25.0 Å². The van der Waals surface area contributed by atoms with Crippen molar-refractivity contribution in [2.24, 2.45) is 11.8 Å². The summed E-state index contributed by atoms with van der Waals surface area (Å²) in [5.74, 6) is -0.111. The van der Waals surface area contributed by atoms with Gasteiger partial charge in [0.15, 0.2) is 5.79 Å².